The molecule has 0 unspecified atom stereocenters. The number of piperidine rings is 1. The Hall–Kier alpha value is -0.570. The maximum absolute atomic E-state index is 6.24. The SMILES string of the molecule is Cc1ccc(Cl)c2c1[C@@H]1CNCC[C@@H]1OC2. The maximum Gasteiger partial charge on any atom is 0.0738 e. The van der Waals surface area contributed by atoms with Crippen LogP contribution in [0.5, 0.6) is 0 Å². The summed E-state index contributed by atoms with van der Waals surface area (Å²) in [5.41, 5.74) is 3.98. The number of ether oxygens (including phenoxy) is 1. The van der Waals surface area contributed by atoms with Gasteiger partial charge >= 0.3 is 0 Å². The first-order valence-electron chi connectivity index (χ1n) is 5.87. The van der Waals surface area contributed by atoms with Crippen LogP contribution in [0.1, 0.15) is 29.0 Å². The first-order valence-corrected chi connectivity index (χ1v) is 6.25. The van der Waals surface area contributed by atoms with Crippen molar-refractivity contribution >= 4 is 11.6 Å². The number of hydrogen-bond acceptors (Lipinski definition) is 2. The van der Waals surface area contributed by atoms with Gasteiger partial charge in [-0.3, -0.25) is 0 Å². The molecule has 3 heteroatoms. The van der Waals surface area contributed by atoms with Crippen molar-refractivity contribution < 1.29 is 4.74 Å². The second-order valence-corrected chi connectivity index (χ2v) is 5.11. The minimum absolute atomic E-state index is 0.380. The molecule has 1 saturated heterocycles. The fraction of sp³-hybridized carbons (Fsp3) is 0.538. The zero-order valence-electron chi connectivity index (χ0n) is 9.42. The molecule has 2 aliphatic heterocycles. The first-order chi connectivity index (χ1) is 7.77. The van der Waals surface area contributed by atoms with Crippen LogP contribution in [0.4, 0.5) is 0 Å². The minimum Gasteiger partial charge on any atom is -0.373 e. The fourth-order valence-electron chi connectivity index (χ4n) is 2.93. The number of rotatable bonds is 0. The third-order valence-electron chi connectivity index (χ3n) is 3.75. The van der Waals surface area contributed by atoms with E-state index in [0.29, 0.717) is 18.6 Å². The van der Waals surface area contributed by atoms with Gasteiger partial charge < -0.3 is 10.1 Å². The summed E-state index contributed by atoms with van der Waals surface area (Å²) < 4.78 is 5.92. The number of nitrogens with one attached hydrogen (secondary N) is 1. The summed E-state index contributed by atoms with van der Waals surface area (Å²) in [7, 11) is 0. The van der Waals surface area contributed by atoms with Gasteiger partial charge in [-0.05, 0) is 37.1 Å². The number of halogens is 1. The molecular formula is C13H16ClNO. The van der Waals surface area contributed by atoms with Crippen LogP contribution in [-0.2, 0) is 11.3 Å². The highest BCUT2D eigenvalue weighted by molar-refractivity contribution is 6.31. The summed E-state index contributed by atoms with van der Waals surface area (Å²) in [4.78, 5) is 0. The predicted molar refractivity (Wildman–Crippen MR) is 65.0 cm³/mol. The molecular weight excluding hydrogens is 222 g/mol. The van der Waals surface area contributed by atoms with Crippen molar-refractivity contribution in [1.82, 2.24) is 5.32 Å². The molecule has 1 fully saturated rings. The summed E-state index contributed by atoms with van der Waals surface area (Å²) in [6.45, 7) is 4.93. The monoisotopic (exact) mass is 237 g/mol. The molecule has 2 heterocycles. The van der Waals surface area contributed by atoms with E-state index in [-0.39, 0.29) is 0 Å². The summed E-state index contributed by atoms with van der Waals surface area (Å²) in [5.74, 6) is 0.483. The highest BCUT2D eigenvalue weighted by atomic mass is 35.5. The zero-order valence-corrected chi connectivity index (χ0v) is 10.2. The Morgan fingerprint density at radius 3 is 3.19 bits per heavy atom. The van der Waals surface area contributed by atoms with Gasteiger partial charge in [-0.1, -0.05) is 17.7 Å². The Labute approximate surface area is 101 Å². The van der Waals surface area contributed by atoms with Gasteiger partial charge in [-0.25, -0.2) is 0 Å². The lowest BCUT2D eigenvalue weighted by molar-refractivity contribution is -0.00698. The lowest BCUT2D eigenvalue weighted by Crippen LogP contribution is -2.42. The van der Waals surface area contributed by atoms with Gasteiger partial charge in [0, 0.05) is 23.0 Å². The van der Waals surface area contributed by atoms with E-state index in [1.807, 2.05) is 6.07 Å². The van der Waals surface area contributed by atoms with E-state index < -0.39 is 0 Å². The van der Waals surface area contributed by atoms with Gasteiger partial charge in [-0.15, -0.1) is 0 Å². The van der Waals surface area contributed by atoms with E-state index in [4.69, 9.17) is 16.3 Å². The van der Waals surface area contributed by atoms with Crippen molar-refractivity contribution in [3.8, 4) is 0 Å². The minimum atomic E-state index is 0.380. The lowest BCUT2D eigenvalue weighted by atomic mass is 9.82. The normalized spacial score (nSPS) is 28.4. The fourth-order valence-corrected chi connectivity index (χ4v) is 3.15. The van der Waals surface area contributed by atoms with Gasteiger partial charge in [0.1, 0.15) is 0 Å². The van der Waals surface area contributed by atoms with Gasteiger partial charge in [0.25, 0.3) is 0 Å². The topological polar surface area (TPSA) is 21.3 Å². The summed E-state index contributed by atoms with van der Waals surface area (Å²) in [6.07, 6.45) is 1.49. The Kier molecular flexibility index (Phi) is 2.66. The Bertz CT molecular complexity index is 419. The second kappa shape index (κ2) is 4.02. The van der Waals surface area contributed by atoms with Crippen LogP contribution in [0, 0.1) is 6.92 Å². The average molecular weight is 238 g/mol. The zero-order chi connectivity index (χ0) is 11.1. The second-order valence-electron chi connectivity index (χ2n) is 4.71. The molecule has 1 N–H and O–H groups in total. The van der Waals surface area contributed by atoms with E-state index in [2.05, 4.69) is 18.3 Å². The molecule has 0 spiro atoms. The highest BCUT2D eigenvalue weighted by Gasteiger charge is 2.34. The third kappa shape index (κ3) is 1.56. The molecule has 2 nitrogen and oxygen atoms in total. The molecule has 16 heavy (non-hydrogen) atoms. The largest absolute Gasteiger partial charge is 0.373 e. The van der Waals surface area contributed by atoms with Crippen LogP contribution >= 0.6 is 11.6 Å². The van der Waals surface area contributed by atoms with Crippen LogP contribution in [0.3, 0.4) is 0 Å². The summed E-state index contributed by atoms with van der Waals surface area (Å²) in [6, 6.07) is 4.10. The molecule has 1 aromatic rings. The van der Waals surface area contributed by atoms with Gasteiger partial charge in [0.2, 0.25) is 0 Å². The number of benzene rings is 1. The molecule has 0 amide bonds. The first kappa shape index (κ1) is 10.6. The molecule has 0 aliphatic carbocycles. The van der Waals surface area contributed by atoms with Crippen molar-refractivity contribution in [2.75, 3.05) is 13.1 Å². The number of hydrogen-bond donors (Lipinski definition) is 1. The molecule has 2 aliphatic rings. The van der Waals surface area contributed by atoms with E-state index in [0.717, 1.165) is 24.5 Å². The van der Waals surface area contributed by atoms with Crippen molar-refractivity contribution in [3.05, 3.63) is 33.8 Å². The van der Waals surface area contributed by atoms with Gasteiger partial charge in [0.15, 0.2) is 0 Å². The summed E-state index contributed by atoms with van der Waals surface area (Å²) >= 11 is 6.24. The van der Waals surface area contributed by atoms with Crippen molar-refractivity contribution in [1.29, 1.82) is 0 Å². The van der Waals surface area contributed by atoms with Crippen molar-refractivity contribution in [3.63, 3.8) is 0 Å². The number of aryl methyl sites for hydroxylation is 1. The van der Waals surface area contributed by atoms with Crippen LogP contribution in [-0.4, -0.2) is 19.2 Å². The quantitative estimate of drug-likeness (QED) is 0.749. The van der Waals surface area contributed by atoms with Gasteiger partial charge in [0.05, 0.1) is 12.7 Å². The Morgan fingerprint density at radius 2 is 2.31 bits per heavy atom. The smallest absolute Gasteiger partial charge is 0.0738 e. The lowest BCUT2D eigenvalue weighted by Gasteiger charge is -2.38. The molecule has 86 valence electrons. The molecule has 0 radical (unpaired) electrons. The molecule has 1 aromatic carbocycles. The summed E-state index contributed by atoms with van der Waals surface area (Å²) in [5, 5.41) is 4.30. The Morgan fingerprint density at radius 1 is 1.44 bits per heavy atom. The van der Waals surface area contributed by atoms with Crippen LogP contribution in [0.15, 0.2) is 12.1 Å². The van der Waals surface area contributed by atoms with E-state index in [1.54, 1.807) is 0 Å². The average Bonchev–Trinajstić information content (AvgIpc) is 2.33. The molecule has 2 atom stereocenters. The van der Waals surface area contributed by atoms with Crippen LogP contribution in [0.2, 0.25) is 5.02 Å². The maximum atomic E-state index is 6.24. The molecule has 0 aromatic heterocycles. The van der Waals surface area contributed by atoms with E-state index in [9.17, 15) is 0 Å². The van der Waals surface area contributed by atoms with Crippen LogP contribution < -0.4 is 5.32 Å². The molecule has 0 saturated carbocycles. The van der Waals surface area contributed by atoms with Crippen molar-refractivity contribution in [2.45, 2.75) is 32.0 Å². The standard InChI is InChI=1S/C13H16ClNO/c1-8-2-3-11(14)10-7-16-12-4-5-15-6-9(12)13(8)10/h2-3,9,12,15H,4-7H2,1H3/t9-,12+/m1/s1. The van der Waals surface area contributed by atoms with Gasteiger partial charge in [-0.2, -0.15) is 0 Å². The third-order valence-corrected chi connectivity index (χ3v) is 4.10. The molecule has 3 rings (SSSR count). The molecule has 0 bridgehead atoms. The number of fused-ring (bicyclic) bond motifs is 3. The highest BCUT2D eigenvalue weighted by Crippen LogP contribution is 2.39. The predicted octanol–water partition coefficient (Wildman–Crippen LogP) is 2.62. The van der Waals surface area contributed by atoms with Crippen LogP contribution in [0.25, 0.3) is 0 Å². The van der Waals surface area contributed by atoms with E-state index in [1.165, 1.54) is 16.7 Å². The Balaban J connectivity index is 2.10. The van der Waals surface area contributed by atoms with Crippen molar-refractivity contribution in [2.24, 2.45) is 0 Å². The van der Waals surface area contributed by atoms with E-state index >= 15 is 0 Å².